The first-order valence-corrected chi connectivity index (χ1v) is 15.1. The molecule has 7 aromatic carbocycles. The Hall–Kier alpha value is -5.14. The maximum atomic E-state index is 6.30. The molecule has 9 rings (SSSR count). The molecule has 0 saturated heterocycles. The first-order chi connectivity index (χ1) is 21.0. The highest BCUT2D eigenvalue weighted by Gasteiger charge is 2.35. The van der Waals surface area contributed by atoms with Gasteiger partial charge in [0.15, 0.2) is 0 Å². The van der Waals surface area contributed by atoms with Crippen LogP contribution in [-0.2, 0) is 5.41 Å². The zero-order valence-corrected chi connectivity index (χ0v) is 24.5. The quantitative estimate of drug-likeness (QED) is 0.195. The van der Waals surface area contributed by atoms with Crippen LogP contribution in [0, 0.1) is 6.92 Å². The van der Waals surface area contributed by atoms with Gasteiger partial charge in [0.05, 0.1) is 0 Å². The van der Waals surface area contributed by atoms with E-state index < -0.39 is 0 Å². The fourth-order valence-corrected chi connectivity index (χ4v) is 7.75. The van der Waals surface area contributed by atoms with Crippen LogP contribution in [0.5, 0.6) is 0 Å². The zero-order chi connectivity index (χ0) is 28.9. The predicted molar refractivity (Wildman–Crippen MR) is 182 cm³/mol. The molecule has 0 bridgehead atoms. The molecule has 0 atom stereocenters. The highest BCUT2D eigenvalue weighted by molar-refractivity contribution is 6.22. The minimum atomic E-state index is -0.0478. The molecule has 1 heteroatoms. The maximum Gasteiger partial charge on any atom is 0.138 e. The van der Waals surface area contributed by atoms with E-state index >= 15 is 0 Å². The molecule has 0 saturated carbocycles. The number of benzene rings is 7. The van der Waals surface area contributed by atoms with Crippen molar-refractivity contribution in [1.82, 2.24) is 0 Å². The van der Waals surface area contributed by atoms with Gasteiger partial charge in [0, 0.05) is 16.2 Å². The van der Waals surface area contributed by atoms with Crippen LogP contribution in [0.1, 0.15) is 30.5 Å². The van der Waals surface area contributed by atoms with Crippen LogP contribution >= 0.6 is 0 Å². The van der Waals surface area contributed by atoms with Crippen LogP contribution in [-0.4, -0.2) is 0 Å². The van der Waals surface area contributed by atoms with E-state index in [1.54, 1.807) is 0 Å². The number of rotatable bonds is 2. The van der Waals surface area contributed by atoms with Gasteiger partial charge < -0.3 is 4.42 Å². The van der Waals surface area contributed by atoms with E-state index in [9.17, 15) is 0 Å². The average Bonchev–Trinajstić information content (AvgIpc) is 3.52. The van der Waals surface area contributed by atoms with Crippen molar-refractivity contribution in [3.05, 3.63) is 144 Å². The summed E-state index contributed by atoms with van der Waals surface area (Å²) in [5.41, 5.74) is 13.6. The highest BCUT2D eigenvalue weighted by atomic mass is 16.3. The molecule has 204 valence electrons. The fourth-order valence-electron chi connectivity index (χ4n) is 7.75. The van der Waals surface area contributed by atoms with Gasteiger partial charge in [-0.2, -0.15) is 0 Å². The normalized spacial score (nSPS) is 13.7. The molecule has 0 fully saturated rings. The van der Waals surface area contributed by atoms with Gasteiger partial charge in [-0.15, -0.1) is 0 Å². The van der Waals surface area contributed by atoms with E-state index in [1.165, 1.54) is 71.4 Å². The Morgan fingerprint density at radius 2 is 1.02 bits per heavy atom. The summed E-state index contributed by atoms with van der Waals surface area (Å²) in [6.07, 6.45) is 0. The Labute approximate surface area is 251 Å². The lowest BCUT2D eigenvalue weighted by molar-refractivity contribution is 0.660. The second-order valence-electron chi connectivity index (χ2n) is 12.5. The average molecular weight is 551 g/mol. The summed E-state index contributed by atoms with van der Waals surface area (Å²) in [4.78, 5) is 0. The Morgan fingerprint density at radius 3 is 1.72 bits per heavy atom. The standard InChI is InChI=1S/C42H30O/c1-25-22-27(23-35-30-13-9-11-19-38(30)43-41(25)35)40-33-16-6-4-14-31(33)39(32-15-5-7-17-34(32)40)26-20-21-29-28-12-8-10-18-36(28)42(2,3)37(29)24-26/h4-24H,1-3H3. The van der Waals surface area contributed by atoms with Gasteiger partial charge in [0.2, 0.25) is 0 Å². The lowest BCUT2D eigenvalue weighted by Gasteiger charge is -2.23. The summed E-state index contributed by atoms with van der Waals surface area (Å²) in [5.74, 6) is 0. The number of hydrogen-bond acceptors (Lipinski definition) is 1. The third-order valence-corrected chi connectivity index (χ3v) is 9.76. The van der Waals surface area contributed by atoms with Crippen LogP contribution in [0.3, 0.4) is 0 Å². The molecule has 0 spiro atoms. The number of furan rings is 1. The summed E-state index contributed by atoms with van der Waals surface area (Å²) < 4.78 is 6.30. The zero-order valence-electron chi connectivity index (χ0n) is 24.5. The molecule has 0 aliphatic heterocycles. The van der Waals surface area contributed by atoms with Crippen molar-refractivity contribution in [3.63, 3.8) is 0 Å². The lowest BCUT2D eigenvalue weighted by Crippen LogP contribution is -2.14. The van der Waals surface area contributed by atoms with Crippen molar-refractivity contribution in [1.29, 1.82) is 0 Å². The topological polar surface area (TPSA) is 13.1 Å². The first kappa shape index (κ1) is 24.5. The molecule has 1 heterocycles. The van der Waals surface area contributed by atoms with Gasteiger partial charge in [-0.05, 0) is 103 Å². The summed E-state index contributed by atoms with van der Waals surface area (Å²) in [5, 5.41) is 7.42. The smallest absolute Gasteiger partial charge is 0.138 e. The first-order valence-electron chi connectivity index (χ1n) is 15.1. The van der Waals surface area contributed by atoms with Crippen molar-refractivity contribution in [2.45, 2.75) is 26.2 Å². The van der Waals surface area contributed by atoms with Crippen LogP contribution in [0.15, 0.2) is 132 Å². The molecule has 0 unspecified atom stereocenters. The van der Waals surface area contributed by atoms with E-state index in [4.69, 9.17) is 4.42 Å². The number of fused-ring (bicyclic) bond motifs is 8. The highest BCUT2D eigenvalue weighted by Crippen LogP contribution is 2.51. The van der Waals surface area contributed by atoms with Crippen molar-refractivity contribution in [3.8, 4) is 33.4 Å². The van der Waals surface area contributed by atoms with Gasteiger partial charge in [0.25, 0.3) is 0 Å². The second kappa shape index (κ2) is 8.69. The van der Waals surface area contributed by atoms with Crippen LogP contribution < -0.4 is 0 Å². The monoisotopic (exact) mass is 550 g/mol. The Balaban J connectivity index is 1.35. The van der Waals surface area contributed by atoms with Crippen molar-refractivity contribution in [2.24, 2.45) is 0 Å². The van der Waals surface area contributed by atoms with Gasteiger partial charge in [-0.1, -0.05) is 117 Å². The van der Waals surface area contributed by atoms with Gasteiger partial charge >= 0.3 is 0 Å². The molecule has 1 aliphatic rings. The number of hydrogen-bond donors (Lipinski definition) is 0. The van der Waals surface area contributed by atoms with Crippen LogP contribution in [0.25, 0.3) is 76.9 Å². The molecule has 1 aromatic heterocycles. The molecule has 0 radical (unpaired) electrons. The Bertz CT molecular complexity index is 2380. The molecule has 0 amide bonds. The molecule has 43 heavy (non-hydrogen) atoms. The summed E-state index contributed by atoms with van der Waals surface area (Å²) in [7, 11) is 0. The minimum absolute atomic E-state index is 0.0478. The Morgan fingerprint density at radius 1 is 0.465 bits per heavy atom. The summed E-state index contributed by atoms with van der Waals surface area (Å²) in [6, 6.07) is 46.9. The minimum Gasteiger partial charge on any atom is -0.456 e. The molecule has 1 aliphatic carbocycles. The van der Waals surface area contributed by atoms with E-state index in [0.29, 0.717) is 0 Å². The van der Waals surface area contributed by atoms with Crippen molar-refractivity contribution in [2.75, 3.05) is 0 Å². The van der Waals surface area contributed by atoms with E-state index in [-0.39, 0.29) is 5.41 Å². The maximum absolute atomic E-state index is 6.30. The van der Waals surface area contributed by atoms with Crippen LogP contribution in [0.4, 0.5) is 0 Å². The molecular formula is C42H30O. The third-order valence-electron chi connectivity index (χ3n) is 9.76. The largest absolute Gasteiger partial charge is 0.456 e. The Kier molecular flexibility index (Phi) is 4.94. The van der Waals surface area contributed by atoms with Crippen molar-refractivity contribution < 1.29 is 4.42 Å². The van der Waals surface area contributed by atoms with Crippen molar-refractivity contribution >= 4 is 43.5 Å². The number of aryl methyl sites for hydroxylation is 1. The summed E-state index contributed by atoms with van der Waals surface area (Å²) in [6.45, 7) is 6.88. The summed E-state index contributed by atoms with van der Waals surface area (Å²) >= 11 is 0. The van der Waals surface area contributed by atoms with Gasteiger partial charge in [0.1, 0.15) is 11.2 Å². The predicted octanol–water partition coefficient (Wildman–Crippen LogP) is 11.8. The molecule has 0 N–H and O–H groups in total. The number of para-hydroxylation sites is 1. The van der Waals surface area contributed by atoms with E-state index in [2.05, 4.69) is 142 Å². The third kappa shape index (κ3) is 3.34. The fraction of sp³-hybridized carbons (Fsp3) is 0.0952. The molecular weight excluding hydrogens is 520 g/mol. The lowest BCUT2D eigenvalue weighted by atomic mass is 9.80. The van der Waals surface area contributed by atoms with Crippen LogP contribution in [0.2, 0.25) is 0 Å². The van der Waals surface area contributed by atoms with E-state index in [0.717, 1.165) is 22.1 Å². The molecule has 8 aromatic rings. The molecule has 1 nitrogen and oxygen atoms in total. The van der Waals surface area contributed by atoms with Gasteiger partial charge in [-0.25, -0.2) is 0 Å². The second-order valence-corrected chi connectivity index (χ2v) is 12.5. The SMILES string of the molecule is Cc1cc(-c2c3ccccc3c(-c3ccc4c(c3)C(C)(C)c3ccccc3-4)c3ccccc23)cc2c1oc1ccccc12. The van der Waals surface area contributed by atoms with E-state index in [1.807, 2.05) is 6.07 Å². The van der Waals surface area contributed by atoms with Gasteiger partial charge in [-0.3, -0.25) is 0 Å².